The van der Waals surface area contributed by atoms with E-state index in [2.05, 4.69) is 12.2 Å². The zero-order valence-electron chi connectivity index (χ0n) is 12.6. The quantitative estimate of drug-likeness (QED) is 0.839. The van der Waals surface area contributed by atoms with Crippen LogP contribution in [-0.4, -0.2) is 25.3 Å². The highest BCUT2D eigenvalue weighted by atomic mass is 16.5. The molecule has 0 spiro atoms. The minimum absolute atomic E-state index is 0.501. The van der Waals surface area contributed by atoms with Crippen molar-refractivity contribution in [1.29, 1.82) is 0 Å². The van der Waals surface area contributed by atoms with Gasteiger partial charge in [0.2, 0.25) is 0 Å². The minimum Gasteiger partial charge on any atom is -0.372 e. The van der Waals surface area contributed by atoms with Gasteiger partial charge in [0, 0.05) is 13.1 Å². The predicted octanol–water partition coefficient (Wildman–Crippen LogP) is 3.75. The Balaban J connectivity index is 1.47. The van der Waals surface area contributed by atoms with E-state index in [0.717, 1.165) is 30.8 Å². The van der Waals surface area contributed by atoms with Gasteiger partial charge < -0.3 is 10.1 Å². The second-order valence-corrected chi connectivity index (χ2v) is 7.36. The van der Waals surface area contributed by atoms with Crippen LogP contribution in [0.1, 0.15) is 64.7 Å². The Morgan fingerprint density at radius 1 is 0.947 bits per heavy atom. The molecular weight excluding hydrogens is 234 g/mol. The van der Waals surface area contributed by atoms with Gasteiger partial charge >= 0.3 is 0 Å². The molecule has 3 aliphatic rings. The second-order valence-electron chi connectivity index (χ2n) is 7.36. The van der Waals surface area contributed by atoms with Crippen LogP contribution in [0.2, 0.25) is 0 Å². The normalized spacial score (nSPS) is 41.5. The summed E-state index contributed by atoms with van der Waals surface area (Å²) in [7, 11) is 0. The van der Waals surface area contributed by atoms with Gasteiger partial charge in [-0.25, -0.2) is 0 Å². The van der Waals surface area contributed by atoms with Crippen molar-refractivity contribution in [2.45, 2.75) is 76.9 Å². The summed E-state index contributed by atoms with van der Waals surface area (Å²) >= 11 is 0. The van der Waals surface area contributed by atoms with E-state index < -0.39 is 0 Å². The summed E-state index contributed by atoms with van der Waals surface area (Å²) in [6, 6.07) is 0. The van der Waals surface area contributed by atoms with Gasteiger partial charge in [-0.1, -0.05) is 45.4 Å². The van der Waals surface area contributed by atoms with Crippen LogP contribution in [0.4, 0.5) is 0 Å². The molecule has 0 radical (unpaired) electrons. The summed E-state index contributed by atoms with van der Waals surface area (Å²) in [5, 5.41) is 3.64. The van der Waals surface area contributed by atoms with Gasteiger partial charge in [-0.2, -0.15) is 0 Å². The Bertz CT molecular complexity index is 266. The van der Waals surface area contributed by atoms with Crippen LogP contribution < -0.4 is 5.32 Å². The van der Waals surface area contributed by atoms with Crippen LogP contribution in [0.15, 0.2) is 0 Å². The van der Waals surface area contributed by atoms with Crippen LogP contribution in [0.3, 0.4) is 0 Å². The first-order valence-corrected chi connectivity index (χ1v) is 8.67. The summed E-state index contributed by atoms with van der Waals surface area (Å²) in [4.78, 5) is 0. The van der Waals surface area contributed by atoms with Gasteiger partial charge in [0.05, 0.1) is 12.2 Å². The van der Waals surface area contributed by atoms with Crippen molar-refractivity contribution in [3.8, 4) is 0 Å². The van der Waals surface area contributed by atoms with Crippen LogP contribution in [-0.2, 0) is 4.74 Å². The van der Waals surface area contributed by atoms with Gasteiger partial charge in [0.15, 0.2) is 0 Å². The summed E-state index contributed by atoms with van der Waals surface area (Å²) in [6.07, 6.45) is 13.7. The number of nitrogens with one attached hydrogen (secondary N) is 1. The summed E-state index contributed by atoms with van der Waals surface area (Å²) in [5.74, 6) is 2.73. The fourth-order valence-corrected chi connectivity index (χ4v) is 4.42. The molecule has 2 aliphatic carbocycles. The first-order chi connectivity index (χ1) is 9.31. The van der Waals surface area contributed by atoms with Crippen LogP contribution in [0.5, 0.6) is 0 Å². The maximum atomic E-state index is 6.46. The molecule has 0 aromatic carbocycles. The number of rotatable bonds is 3. The molecule has 0 amide bonds. The second kappa shape index (κ2) is 6.58. The monoisotopic (exact) mass is 265 g/mol. The molecule has 1 saturated heterocycles. The van der Waals surface area contributed by atoms with E-state index in [0.29, 0.717) is 12.2 Å². The van der Waals surface area contributed by atoms with E-state index in [1.165, 1.54) is 57.8 Å². The first-order valence-electron chi connectivity index (χ1n) is 8.67. The van der Waals surface area contributed by atoms with Crippen molar-refractivity contribution in [1.82, 2.24) is 5.32 Å². The van der Waals surface area contributed by atoms with E-state index in [1.807, 2.05) is 0 Å². The molecular formula is C17H31NO. The van der Waals surface area contributed by atoms with Crippen molar-refractivity contribution in [3.63, 3.8) is 0 Å². The number of ether oxygens (including phenoxy) is 1. The third-order valence-corrected chi connectivity index (χ3v) is 5.74. The average Bonchev–Trinajstić information content (AvgIpc) is 2.93. The lowest BCUT2D eigenvalue weighted by Gasteiger charge is -2.39. The first kappa shape index (κ1) is 13.9. The molecule has 2 atom stereocenters. The molecule has 1 heterocycles. The summed E-state index contributed by atoms with van der Waals surface area (Å²) in [5.41, 5.74) is 0. The van der Waals surface area contributed by atoms with Crippen molar-refractivity contribution in [3.05, 3.63) is 0 Å². The van der Waals surface area contributed by atoms with Crippen molar-refractivity contribution in [2.24, 2.45) is 17.8 Å². The fraction of sp³-hybridized carbons (Fsp3) is 1.00. The van der Waals surface area contributed by atoms with Gasteiger partial charge in [-0.15, -0.1) is 0 Å². The molecule has 0 aromatic heterocycles. The molecule has 2 nitrogen and oxygen atoms in total. The molecule has 2 saturated carbocycles. The van der Waals surface area contributed by atoms with E-state index in [-0.39, 0.29) is 0 Å². The lowest BCUT2D eigenvalue weighted by atomic mass is 9.79. The fourth-order valence-electron chi connectivity index (χ4n) is 4.42. The van der Waals surface area contributed by atoms with E-state index >= 15 is 0 Å². The number of morpholine rings is 1. The maximum Gasteiger partial charge on any atom is 0.0731 e. The smallest absolute Gasteiger partial charge is 0.0731 e. The highest BCUT2D eigenvalue weighted by Crippen LogP contribution is 2.34. The van der Waals surface area contributed by atoms with E-state index in [9.17, 15) is 0 Å². The molecule has 3 rings (SSSR count). The lowest BCUT2D eigenvalue weighted by Crippen LogP contribution is -2.48. The van der Waals surface area contributed by atoms with Gasteiger partial charge in [0.1, 0.15) is 0 Å². The highest BCUT2D eigenvalue weighted by Gasteiger charge is 2.32. The van der Waals surface area contributed by atoms with Crippen LogP contribution in [0.25, 0.3) is 0 Å². The van der Waals surface area contributed by atoms with Gasteiger partial charge in [-0.05, 0) is 37.0 Å². The van der Waals surface area contributed by atoms with Crippen LogP contribution >= 0.6 is 0 Å². The standard InChI is InChI=1S/C17H31NO/c1-13-6-8-15(9-7-13)17-12-18-11-16(19-17)10-14-4-2-3-5-14/h13-18H,2-12H2,1H3. The third-order valence-electron chi connectivity index (χ3n) is 5.74. The molecule has 3 fully saturated rings. The third kappa shape index (κ3) is 3.72. The maximum absolute atomic E-state index is 6.46. The molecule has 0 aromatic rings. The molecule has 110 valence electrons. The summed E-state index contributed by atoms with van der Waals surface area (Å²) < 4.78 is 6.46. The number of hydrogen-bond donors (Lipinski definition) is 1. The molecule has 0 bridgehead atoms. The Labute approximate surface area is 118 Å². The average molecular weight is 265 g/mol. The largest absolute Gasteiger partial charge is 0.372 e. The summed E-state index contributed by atoms with van der Waals surface area (Å²) in [6.45, 7) is 4.59. The Morgan fingerprint density at radius 3 is 2.42 bits per heavy atom. The Kier molecular flexibility index (Phi) is 4.81. The molecule has 2 unspecified atom stereocenters. The zero-order valence-corrected chi connectivity index (χ0v) is 12.6. The predicted molar refractivity (Wildman–Crippen MR) is 79.2 cm³/mol. The minimum atomic E-state index is 0.501. The molecule has 19 heavy (non-hydrogen) atoms. The topological polar surface area (TPSA) is 21.3 Å². The van der Waals surface area contributed by atoms with E-state index in [4.69, 9.17) is 4.74 Å². The van der Waals surface area contributed by atoms with Gasteiger partial charge in [-0.3, -0.25) is 0 Å². The lowest BCUT2D eigenvalue weighted by molar-refractivity contribution is -0.0816. The van der Waals surface area contributed by atoms with Crippen molar-refractivity contribution in [2.75, 3.05) is 13.1 Å². The Morgan fingerprint density at radius 2 is 1.68 bits per heavy atom. The Hall–Kier alpha value is -0.0800. The molecule has 2 heteroatoms. The SMILES string of the molecule is CC1CCC(C2CNCC(CC3CCCC3)O2)CC1. The van der Waals surface area contributed by atoms with Crippen LogP contribution in [0, 0.1) is 17.8 Å². The number of hydrogen-bond acceptors (Lipinski definition) is 2. The van der Waals surface area contributed by atoms with Gasteiger partial charge in [0.25, 0.3) is 0 Å². The highest BCUT2D eigenvalue weighted by molar-refractivity contribution is 4.84. The zero-order chi connectivity index (χ0) is 13.1. The van der Waals surface area contributed by atoms with E-state index in [1.54, 1.807) is 0 Å². The van der Waals surface area contributed by atoms with Crippen molar-refractivity contribution < 1.29 is 4.74 Å². The molecule has 1 aliphatic heterocycles. The van der Waals surface area contributed by atoms with Crippen molar-refractivity contribution >= 4 is 0 Å². The molecule has 1 N–H and O–H groups in total.